The SMILES string of the molecule is CCn1nc(COc2c(C)cccc2C)c2ccccc21. The molecule has 108 valence electrons. The summed E-state index contributed by atoms with van der Waals surface area (Å²) in [7, 11) is 0. The van der Waals surface area contributed by atoms with Gasteiger partial charge in [-0.15, -0.1) is 0 Å². The molecule has 0 N–H and O–H groups in total. The molecule has 21 heavy (non-hydrogen) atoms. The Bertz CT molecular complexity index is 754. The summed E-state index contributed by atoms with van der Waals surface area (Å²) in [5, 5.41) is 5.85. The van der Waals surface area contributed by atoms with Gasteiger partial charge in [0.25, 0.3) is 0 Å². The van der Waals surface area contributed by atoms with Gasteiger partial charge in [0.15, 0.2) is 0 Å². The molecule has 0 fully saturated rings. The predicted molar refractivity (Wildman–Crippen MR) is 85.7 cm³/mol. The quantitative estimate of drug-likeness (QED) is 0.714. The number of hydrogen-bond acceptors (Lipinski definition) is 2. The zero-order valence-corrected chi connectivity index (χ0v) is 12.8. The summed E-state index contributed by atoms with van der Waals surface area (Å²) in [6, 6.07) is 14.5. The van der Waals surface area contributed by atoms with Crippen LogP contribution in [-0.2, 0) is 13.2 Å². The van der Waals surface area contributed by atoms with Crippen molar-refractivity contribution in [2.45, 2.75) is 33.9 Å². The molecule has 3 aromatic rings. The van der Waals surface area contributed by atoms with E-state index in [2.05, 4.69) is 56.2 Å². The maximum Gasteiger partial charge on any atom is 0.133 e. The maximum absolute atomic E-state index is 6.04. The molecule has 1 aromatic heterocycles. The second-order valence-electron chi connectivity index (χ2n) is 5.29. The van der Waals surface area contributed by atoms with Crippen LogP contribution in [0.15, 0.2) is 42.5 Å². The number of fused-ring (bicyclic) bond motifs is 1. The average Bonchev–Trinajstić information content (AvgIpc) is 2.85. The highest BCUT2D eigenvalue weighted by atomic mass is 16.5. The first kappa shape index (κ1) is 13.7. The normalized spacial score (nSPS) is 11.0. The summed E-state index contributed by atoms with van der Waals surface area (Å²) in [5.41, 5.74) is 4.48. The molecular weight excluding hydrogens is 260 g/mol. The fourth-order valence-corrected chi connectivity index (χ4v) is 2.71. The van der Waals surface area contributed by atoms with Gasteiger partial charge in [-0.25, -0.2) is 0 Å². The van der Waals surface area contributed by atoms with Crippen molar-refractivity contribution >= 4 is 10.9 Å². The molecule has 0 aliphatic heterocycles. The second kappa shape index (κ2) is 5.60. The van der Waals surface area contributed by atoms with Crippen molar-refractivity contribution in [3.05, 3.63) is 59.3 Å². The Kier molecular flexibility index (Phi) is 3.65. The predicted octanol–water partition coefficient (Wildman–Crippen LogP) is 4.25. The van der Waals surface area contributed by atoms with Crippen LogP contribution < -0.4 is 4.74 Å². The van der Waals surface area contributed by atoms with Crippen molar-refractivity contribution in [2.24, 2.45) is 0 Å². The third-order valence-electron chi connectivity index (χ3n) is 3.80. The molecule has 3 heteroatoms. The van der Waals surface area contributed by atoms with E-state index in [-0.39, 0.29) is 0 Å². The summed E-state index contributed by atoms with van der Waals surface area (Å²) in [6.45, 7) is 7.62. The minimum absolute atomic E-state index is 0.499. The third kappa shape index (κ3) is 2.51. The third-order valence-corrected chi connectivity index (χ3v) is 3.80. The number of benzene rings is 2. The minimum atomic E-state index is 0.499. The van der Waals surface area contributed by atoms with E-state index in [1.54, 1.807) is 0 Å². The molecule has 3 rings (SSSR count). The van der Waals surface area contributed by atoms with Crippen molar-refractivity contribution in [1.29, 1.82) is 0 Å². The van der Waals surface area contributed by atoms with Crippen LogP contribution in [0.2, 0.25) is 0 Å². The van der Waals surface area contributed by atoms with E-state index in [0.717, 1.165) is 29.1 Å². The van der Waals surface area contributed by atoms with Gasteiger partial charge >= 0.3 is 0 Å². The first-order chi connectivity index (χ1) is 10.2. The summed E-state index contributed by atoms with van der Waals surface area (Å²) >= 11 is 0. The van der Waals surface area contributed by atoms with Gasteiger partial charge < -0.3 is 4.74 Å². The lowest BCUT2D eigenvalue weighted by Gasteiger charge is -2.10. The lowest BCUT2D eigenvalue weighted by molar-refractivity contribution is 0.297. The Morgan fingerprint density at radius 2 is 1.71 bits per heavy atom. The van der Waals surface area contributed by atoms with Crippen LogP contribution in [0, 0.1) is 13.8 Å². The first-order valence-corrected chi connectivity index (χ1v) is 7.34. The molecule has 0 atom stereocenters. The van der Waals surface area contributed by atoms with Gasteiger partial charge in [0.1, 0.15) is 18.1 Å². The van der Waals surface area contributed by atoms with Gasteiger partial charge in [-0.05, 0) is 38.0 Å². The molecule has 0 saturated carbocycles. The molecule has 1 heterocycles. The number of aryl methyl sites for hydroxylation is 3. The summed E-state index contributed by atoms with van der Waals surface area (Å²) in [5.74, 6) is 0.965. The van der Waals surface area contributed by atoms with Crippen molar-refractivity contribution < 1.29 is 4.74 Å². The largest absolute Gasteiger partial charge is 0.487 e. The van der Waals surface area contributed by atoms with E-state index in [1.807, 2.05) is 16.8 Å². The lowest BCUT2D eigenvalue weighted by atomic mass is 10.1. The zero-order valence-electron chi connectivity index (χ0n) is 12.8. The molecule has 0 amide bonds. The standard InChI is InChI=1S/C18H20N2O/c1-4-20-17-11-6-5-10-15(17)16(19-20)12-21-18-13(2)8-7-9-14(18)3/h5-11H,4,12H2,1-3H3. The van der Waals surface area contributed by atoms with Gasteiger partial charge in [-0.2, -0.15) is 5.10 Å². The molecule has 0 spiro atoms. The highest BCUT2D eigenvalue weighted by molar-refractivity contribution is 5.81. The van der Waals surface area contributed by atoms with Gasteiger partial charge in [-0.3, -0.25) is 4.68 Å². The van der Waals surface area contributed by atoms with Crippen molar-refractivity contribution in [3.8, 4) is 5.75 Å². The molecule has 3 nitrogen and oxygen atoms in total. The number of hydrogen-bond donors (Lipinski definition) is 0. The van der Waals surface area contributed by atoms with E-state index in [9.17, 15) is 0 Å². The fourth-order valence-electron chi connectivity index (χ4n) is 2.71. The van der Waals surface area contributed by atoms with Crippen LogP contribution in [0.25, 0.3) is 10.9 Å². The highest BCUT2D eigenvalue weighted by Crippen LogP contribution is 2.25. The van der Waals surface area contributed by atoms with Gasteiger partial charge in [-0.1, -0.05) is 36.4 Å². The van der Waals surface area contributed by atoms with Crippen LogP contribution in [0.4, 0.5) is 0 Å². The molecule has 0 bridgehead atoms. The first-order valence-electron chi connectivity index (χ1n) is 7.34. The molecular formula is C18H20N2O. The summed E-state index contributed by atoms with van der Waals surface area (Å²) in [4.78, 5) is 0. The number of para-hydroxylation sites is 2. The molecule has 0 unspecified atom stereocenters. The Morgan fingerprint density at radius 1 is 1.00 bits per heavy atom. The van der Waals surface area contributed by atoms with Crippen molar-refractivity contribution in [3.63, 3.8) is 0 Å². The maximum atomic E-state index is 6.04. The Balaban J connectivity index is 1.92. The summed E-state index contributed by atoms with van der Waals surface area (Å²) in [6.07, 6.45) is 0. The van der Waals surface area contributed by atoms with Gasteiger partial charge in [0.2, 0.25) is 0 Å². The van der Waals surface area contributed by atoms with Crippen LogP contribution in [0.1, 0.15) is 23.7 Å². The topological polar surface area (TPSA) is 27.1 Å². The molecule has 0 aliphatic carbocycles. The van der Waals surface area contributed by atoms with Gasteiger partial charge in [0.05, 0.1) is 5.52 Å². The highest BCUT2D eigenvalue weighted by Gasteiger charge is 2.11. The molecule has 2 aromatic carbocycles. The van der Waals surface area contributed by atoms with Crippen molar-refractivity contribution in [1.82, 2.24) is 9.78 Å². The second-order valence-corrected chi connectivity index (χ2v) is 5.29. The molecule has 0 aliphatic rings. The van der Waals surface area contributed by atoms with E-state index in [4.69, 9.17) is 4.74 Å². The van der Waals surface area contributed by atoms with E-state index in [1.165, 1.54) is 10.9 Å². The molecule has 0 saturated heterocycles. The average molecular weight is 280 g/mol. The zero-order chi connectivity index (χ0) is 14.8. The minimum Gasteiger partial charge on any atom is -0.487 e. The lowest BCUT2D eigenvalue weighted by Crippen LogP contribution is -2.02. The van der Waals surface area contributed by atoms with E-state index >= 15 is 0 Å². The Hall–Kier alpha value is -2.29. The number of ether oxygens (including phenoxy) is 1. The van der Waals surface area contributed by atoms with E-state index in [0.29, 0.717) is 6.61 Å². The van der Waals surface area contributed by atoms with Crippen molar-refractivity contribution in [2.75, 3.05) is 0 Å². The number of rotatable bonds is 4. The smallest absolute Gasteiger partial charge is 0.133 e. The van der Waals surface area contributed by atoms with Crippen LogP contribution >= 0.6 is 0 Å². The summed E-state index contributed by atoms with van der Waals surface area (Å²) < 4.78 is 8.07. The fraction of sp³-hybridized carbons (Fsp3) is 0.278. The Labute approximate surface area is 125 Å². The van der Waals surface area contributed by atoms with Gasteiger partial charge in [0, 0.05) is 11.9 Å². The monoisotopic (exact) mass is 280 g/mol. The van der Waals surface area contributed by atoms with Crippen LogP contribution in [-0.4, -0.2) is 9.78 Å². The van der Waals surface area contributed by atoms with Crippen LogP contribution in [0.5, 0.6) is 5.75 Å². The number of nitrogens with zero attached hydrogens (tertiary/aromatic N) is 2. The Morgan fingerprint density at radius 3 is 2.43 bits per heavy atom. The molecule has 0 radical (unpaired) electrons. The number of aromatic nitrogens is 2. The van der Waals surface area contributed by atoms with Crippen LogP contribution in [0.3, 0.4) is 0 Å². The van der Waals surface area contributed by atoms with E-state index < -0.39 is 0 Å².